The van der Waals surface area contributed by atoms with Crippen LogP contribution in [0, 0.1) is 0 Å². The second-order valence-corrected chi connectivity index (χ2v) is 7.80. The molecule has 3 amide bonds. The lowest BCUT2D eigenvalue weighted by atomic mass is 10.1. The smallest absolute Gasteiger partial charge is 0.309 e. The van der Waals surface area contributed by atoms with Crippen molar-refractivity contribution in [2.45, 2.75) is 12.6 Å². The largest absolute Gasteiger partial charge is 0.493 e. The van der Waals surface area contributed by atoms with Crippen molar-refractivity contribution < 1.29 is 38.1 Å². The molecule has 2 aliphatic rings. The van der Waals surface area contributed by atoms with E-state index in [0.717, 1.165) is 5.56 Å². The maximum Gasteiger partial charge on any atom is 0.309 e. The highest BCUT2D eigenvalue weighted by molar-refractivity contribution is 6.35. The van der Waals surface area contributed by atoms with E-state index in [4.69, 9.17) is 23.7 Å². The highest BCUT2D eigenvalue weighted by Crippen LogP contribution is 2.33. The van der Waals surface area contributed by atoms with Crippen LogP contribution in [0.3, 0.4) is 0 Å². The molecule has 0 bridgehead atoms. The first-order valence-electron chi connectivity index (χ1n) is 11.1. The molecule has 0 spiro atoms. The van der Waals surface area contributed by atoms with E-state index < -0.39 is 18.0 Å². The van der Waals surface area contributed by atoms with Crippen LogP contribution in [0.15, 0.2) is 36.4 Å². The summed E-state index contributed by atoms with van der Waals surface area (Å²) >= 11 is 0. The molecule has 1 fully saturated rings. The number of hydrogen-bond donors (Lipinski definition) is 2. The van der Waals surface area contributed by atoms with Gasteiger partial charge in [0, 0.05) is 18.7 Å². The summed E-state index contributed by atoms with van der Waals surface area (Å²) in [5.74, 6) is 0.455. The third-order valence-corrected chi connectivity index (χ3v) is 5.66. The van der Waals surface area contributed by atoms with Crippen molar-refractivity contribution in [1.29, 1.82) is 0 Å². The Balaban J connectivity index is 1.24. The van der Waals surface area contributed by atoms with Crippen LogP contribution in [0.5, 0.6) is 23.0 Å². The minimum atomic E-state index is -0.803. The van der Waals surface area contributed by atoms with Gasteiger partial charge in [-0.1, -0.05) is 6.07 Å². The van der Waals surface area contributed by atoms with Crippen LogP contribution in [0.1, 0.15) is 15.9 Å². The molecule has 2 heterocycles. The molecule has 186 valence electrons. The van der Waals surface area contributed by atoms with Gasteiger partial charge in [0.25, 0.3) is 5.91 Å². The molecule has 2 aromatic rings. The monoisotopic (exact) mass is 485 g/mol. The van der Waals surface area contributed by atoms with Gasteiger partial charge in [-0.3, -0.25) is 14.4 Å². The minimum Gasteiger partial charge on any atom is -0.493 e. The van der Waals surface area contributed by atoms with Gasteiger partial charge in [-0.25, -0.2) is 0 Å². The van der Waals surface area contributed by atoms with Crippen molar-refractivity contribution >= 4 is 17.7 Å². The lowest BCUT2D eigenvalue weighted by Gasteiger charge is -2.23. The van der Waals surface area contributed by atoms with Gasteiger partial charge < -0.3 is 39.2 Å². The van der Waals surface area contributed by atoms with Crippen molar-refractivity contribution in [3.63, 3.8) is 0 Å². The Hall–Kier alpha value is -3.99. The zero-order chi connectivity index (χ0) is 24.8. The average Bonchev–Trinajstić information content (AvgIpc) is 3.55. The molecule has 35 heavy (non-hydrogen) atoms. The fraction of sp³-hybridized carbons (Fsp3) is 0.375. The number of carbonyl (C=O) groups excluding carboxylic acids is 3. The first-order chi connectivity index (χ1) is 17.0. The summed E-state index contributed by atoms with van der Waals surface area (Å²) in [6.07, 6.45) is -0.181. The van der Waals surface area contributed by atoms with Gasteiger partial charge in [0.15, 0.2) is 23.0 Å². The van der Waals surface area contributed by atoms with Crippen LogP contribution < -0.4 is 29.6 Å². The van der Waals surface area contributed by atoms with Crippen molar-refractivity contribution in [1.82, 2.24) is 15.5 Å². The minimum absolute atomic E-state index is 0.0157. The van der Waals surface area contributed by atoms with Crippen molar-refractivity contribution in [2.75, 3.05) is 47.3 Å². The number of benzene rings is 2. The molecule has 2 N–H and O–H groups in total. The Kier molecular flexibility index (Phi) is 7.56. The van der Waals surface area contributed by atoms with Gasteiger partial charge in [-0.05, 0) is 42.3 Å². The summed E-state index contributed by atoms with van der Waals surface area (Å²) in [6, 6.07) is 10.4. The van der Waals surface area contributed by atoms with Crippen molar-refractivity contribution in [3.05, 3.63) is 47.5 Å². The summed E-state index contributed by atoms with van der Waals surface area (Å²) in [6.45, 7) is 1.05. The van der Waals surface area contributed by atoms with Crippen LogP contribution in [0.4, 0.5) is 0 Å². The molecule has 2 aromatic carbocycles. The first-order valence-corrected chi connectivity index (χ1v) is 11.1. The lowest BCUT2D eigenvalue weighted by Crippen LogP contribution is -2.47. The number of amides is 3. The van der Waals surface area contributed by atoms with E-state index in [2.05, 4.69) is 10.6 Å². The molecule has 0 aliphatic carbocycles. The molecule has 1 saturated heterocycles. The Morgan fingerprint density at radius 3 is 2.54 bits per heavy atom. The van der Waals surface area contributed by atoms with Gasteiger partial charge in [0.05, 0.1) is 27.4 Å². The molecular formula is C24H27N3O8. The predicted molar refractivity (Wildman–Crippen MR) is 123 cm³/mol. The second kappa shape index (κ2) is 11.0. The van der Waals surface area contributed by atoms with E-state index in [1.165, 1.54) is 4.90 Å². The fourth-order valence-electron chi connectivity index (χ4n) is 3.81. The normalized spacial score (nSPS) is 16.1. The van der Waals surface area contributed by atoms with E-state index in [0.29, 0.717) is 48.1 Å². The average molecular weight is 485 g/mol. The van der Waals surface area contributed by atoms with Gasteiger partial charge in [-0.15, -0.1) is 0 Å². The van der Waals surface area contributed by atoms with Crippen LogP contribution >= 0.6 is 0 Å². The van der Waals surface area contributed by atoms with Gasteiger partial charge in [0.2, 0.25) is 6.79 Å². The summed E-state index contributed by atoms with van der Waals surface area (Å²) in [5.41, 5.74) is 1.34. The van der Waals surface area contributed by atoms with Crippen LogP contribution in [0.25, 0.3) is 0 Å². The summed E-state index contributed by atoms with van der Waals surface area (Å²) in [5, 5.41) is 5.12. The number of carbonyl (C=O) groups is 3. The van der Waals surface area contributed by atoms with Gasteiger partial charge >= 0.3 is 11.8 Å². The maximum absolute atomic E-state index is 12.9. The Bertz CT molecular complexity index is 1110. The summed E-state index contributed by atoms with van der Waals surface area (Å²) < 4.78 is 26.7. The van der Waals surface area contributed by atoms with Crippen molar-refractivity contribution in [2.24, 2.45) is 0 Å². The number of ether oxygens (including phenoxy) is 5. The molecule has 0 aromatic heterocycles. The number of hydrogen-bond acceptors (Lipinski definition) is 8. The SMILES string of the molecule is COc1ccc(CCNC(=O)C(=O)NCC2OCCN2C(=O)c2ccc3c(c2)OCO3)cc1OC. The number of methoxy groups -OCH3 is 2. The highest BCUT2D eigenvalue weighted by atomic mass is 16.7. The first kappa shape index (κ1) is 24.1. The van der Waals surface area contributed by atoms with E-state index in [9.17, 15) is 14.4 Å². The zero-order valence-corrected chi connectivity index (χ0v) is 19.5. The molecule has 1 unspecified atom stereocenters. The van der Waals surface area contributed by atoms with E-state index in [1.54, 1.807) is 38.5 Å². The topological polar surface area (TPSA) is 125 Å². The molecule has 2 aliphatic heterocycles. The number of rotatable bonds is 8. The van der Waals surface area contributed by atoms with Gasteiger partial charge in [0.1, 0.15) is 6.23 Å². The van der Waals surface area contributed by atoms with E-state index in [-0.39, 0.29) is 25.8 Å². The third kappa shape index (κ3) is 5.57. The molecule has 0 saturated carbocycles. The second-order valence-electron chi connectivity index (χ2n) is 7.80. The Morgan fingerprint density at radius 2 is 1.74 bits per heavy atom. The predicted octanol–water partition coefficient (Wildman–Crippen LogP) is 0.706. The van der Waals surface area contributed by atoms with Crippen LogP contribution in [0.2, 0.25) is 0 Å². The molecule has 4 rings (SSSR count). The highest BCUT2D eigenvalue weighted by Gasteiger charge is 2.32. The van der Waals surface area contributed by atoms with E-state index >= 15 is 0 Å². The molecule has 1 atom stereocenters. The van der Waals surface area contributed by atoms with E-state index in [1.807, 2.05) is 12.1 Å². The number of fused-ring (bicyclic) bond motifs is 1. The quantitative estimate of drug-likeness (QED) is 0.524. The van der Waals surface area contributed by atoms with Gasteiger partial charge in [-0.2, -0.15) is 0 Å². The number of nitrogens with one attached hydrogen (secondary N) is 2. The summed E-state index contributed by atoms with van der Waals surface area (Å²) in [4.78, 5) is 38.9. The lowest BCUT2D eigenvalue weighted by molar-refractivity contribution is -0.139. The van der Waals surface area contributed by atoms with Crippen molar-refractivity contribution in [3.8, 4) is 23.0 Å². The fourth-order valence-corrected chi connectivity index (χ4v) is 3.81. The maximum atomic E-state index is 12.9. The third-order valence-electron chi connectivity index (χ3n) is 5.66. The number of nitrogens with zero attached hydrogens (tertiary/aromatic N) is 1. The molecule has 11 nitrogen and oxygen atoms in total. The Morgan fingerprint density at radius 1 is 0.971 bits per heavy atom. The standard InChI is InChI=1S/C24H27N3O8/c1-31-17-5-3-15(11-19(17)32-2)7-8-25-22(28)23(29)26-13-21-27(9-10-33-21)24(30)16-4-6-18-20(12-16)35-14-34-18/h3-6,11-12,21H,7-10,13-14H2,1-2H3,(H,25,28)(H,26,29). The molecule has 11 heteroatoms. The van der Waals surface area contributed by atoms with Crippen LogP contribution in [-0.4, -0.2) is 76.1 Å². The Labute approximate surface area is 202 Å². The molecule has 0 radical (unpaired) electrons. The molecular weight excluding hydrogens is 458 g/mol. The zero-order valence-electron chi connectivity index (χ0n) is 19.5. The van der Waals surface area contributed by atoms with Crippen LogP contribution in [-0.2, 0) is 20.7 Å². The summed E-state index contributed by atoms with van der Waals surface area (Å²) in [7, 11) is 3.10.